The summed E-state index contributed by atoms with van der Waals surface area (Å²) in [6.45, 7) is 2.93. The normalized spacial score (nSPS) is 19.2. The quantitative estimate of drug-likeness (QED) is 0.0290. The Morgan fingerprint density at radius 1 is 0.542 bits per heavy atom. The molecule has 0 unspecified atom stereocenters. The van der Waals surface area contributed by atoms with Crippen molar-refractivity contribution >= 4 is 23.5 Å². The maximum Gasteiger partial charge on any atom is 0.350 e. The number of nitrogens with zero attached hydrogens (tertiary/aromatic N) is 2. The number of likely N-dealkylation sites (N-methyl/N-ethyl adjacent to an activating group) is 2. The van der Waals surface area contributed by atoms with Crippen molar-refractivity contribution in [3.05, 3.63) is 87.0 Å². The largest absolute Gasteiger partial charge is 0.493 e. The van der Waals surface area contributed by atoms with Crippen LogP contribution in [0, 0.1) is 0 Å². The molecule has 4 atom stereocenters. The average molecular weight is 1020 g/mol. The molecule has 2 aliphatic rings. The zero-order valence-electron chi connectivity index (χ0n) is 43.9. The standard InChI is InChI=1S/C54H71ClN2O15/c1-56(20-17-35-28-46(66-9)52(69-12)53(70-13)48(35)39(56)24-33-25-42(62-5)50(67-10)43(26-33)63-6)18-14-23-72-54(59)38(55)32-47(58)71-22-15-19-57(2)21-16-34-27-40(60-3)41(61-4)31-37(34)49(57)36-29-44(64-7)51(68-11)45(30-36)65-8/h25-32,39,49H,14-24H2,1-13H3/q+2/b38-32-/t39-,49-,56-,57-/m1/s1. The topological polar surface area (TPSA) is 154 Å². The average Bonchev–Trinajstić information content (AvgIpc) is 3.39. The van der Waals surface area contributed by atoms with Crippen molar-refractivity contribution < 1.29 is 80.1 Å². The van der Waals surface area contributed by atoms with Crippen molar-refractivity contribution in [3.8, 4) is 63.2 Å². The van der Waals surface area contributed by atoms with Crippen LogP contribution in [0.4, 0.5) is 0 Å². The molecular formula is C54H71ClN2O15+2. The highest BCUT2D eigenvalue weighted by molar-refractivity contribution is 6.42. The molecule has 392 valence electrons. The fraction of sp³-hybridized carbons (Fsp3) is 0.481. The molecule has 0 fully saturated rings. The van der Waals surface area contributed by atoms with Gasteiger partial charge in [0, 0.05) is 49.3 Å². The van der Waals surface area contributed by atoms with Crippen molar-refractivity contribution in [1.82, 2.24) is 0 Å². The zero-order valence-corrected chi connectivity index (χ0v) is 44.7. The van der Waals surface area contributed by atoms with Crippen molar-refractivity contribution in [3.63, 3.8) is 0 Å². The van der Waals surface area contributed by atoms with E-state index in [0.717, 1.165) is 65.4 Å². The van der Waals surface area contributed by atoms with Crippen LogP contribution in [0.15, 0.2) is 53.6 Å². The smallest absolute Gasteiger partial charge is 0.350 e. The first-order valence-electron chi connectivity index (χ1n) is 23.7. The van der Waals surface area contributed by atoms with Gasteiger partial charge in [-0.25, -0.2) is 9.59 Å². The lowest BCUT2D eigenvalue weighted by Gasteiger charge is -2.46. The van der Waals surface area contributed by atoms with Gasteiger partial charge in [-0.2, -0.15) is 0 Å². The molecule has 0 aliphatic carbocycles. The van der Waals surface area contributed by atoms with E-state index < -0.39 is 11.9 Å². The SMILES string of the molecule is COc1cc2c(cc1OC)[C@@H](c1cc(OC)c(OC)c(OC)c1)[N@+](C)(CCCOC(=O)/C=C(\Cl)C(=O)OCCC[N@+]1(C)CCc3cc(OC)c(OC)c(OC)c3[C@H]1Cc1cc(OC)c(OC)c(OC)c1)CC2. The van der Waals surface area contributed by atoms with Crippen LogP contribution in [-0.2, 0) is 38.3 Å². The van der Waals surface area contributed by atoms with Crippen LogP contribution in [0.5, 0.6) is 63.2 Å². The number of methoxy groups -OCH3 is 11. The van der Waals surface area contributed by atoms with Gasteiger partial charge in [0.05, 0.1) is 137 Å². The monoisotopic (exact) mass is 1020 g/mol. The minimum absolute atomic E-state index is 0.0595. The van der Waals surface area contributed by atoms with Crippen molar-refractivity contribution in [1.29, 1.82) is 0 Å². The predicted molar refractivity (Wildman–Crippen MR) is 270 cm³/mol. The minimum atomic E-state index is -0.821. The second kappa shape index (κ2) is 24.3. The number of esters is 2. The first kappa shape index (κ1) is 54.9. The van der Waals surface area contributed by atoms with Gasteiger partial charge in [-0.3, -0.25) is 0 Å². The second-order valence-electron chi connectivity index (χ2n) is 18.1. The Morgan fingerprint density at radius 2 is 1.00 bits per heavy atom. The van der Waals surface area contributed by atoms with Gasteiger partial charge in [-0.15, -0.1) is 0 Å². The summed E-state index contributed by atoms with van der Waals surface area (Å²) in [5, 5.41) is -0.378. The summed E-state index contributed by atoms with van der Waals surface area (Å²) in [6, 6.07) is 13.6. The summed E-state index contributed by atoms with van der Waals surface area (Å²) in [6.07, 6.45) is 4.03. The fourth-order valence-electron chi connectivity index (χ4n) is 10.5. The van der Waals surface area contributed by atoms with Crippen LogP contribution in [0.3, 0.4) is 0 Å². The van der Waals surface area contributed by atoms with Crippen LogP contribution in [0.1, 0.15) is 58.3 Å². The molecule has 18 heteroatoms. The fourth-order valence-corrected chi connectivity index (χ4v) is 10.6. The summed E-state index contributed by atoms with van der Waals surface area (Å²) in [7, 11) is 21.9. The molecule has 0 saturated heterocycles. The molecule has 2 aliphatic heterocycles. The Kier molecular flexibility index (Phi) is 18.5. The van der Waals surface area contributed by atoms with Crippen LogP contribution in [0.2, 0.25) is 0 Å². The van der Waals surface area contributed by atoms with Gasteiger partial charge in [0.25, 0.3) is 0 Å². The molecule has 0 N–H and O–H groups in total. The van der Waals surface area contributed by atoms with Gasteiger partial charge in [0.1, 0.15) is 17.1 Å². The van der Waals surface area contributed by atoms with Gasteiger partial charge in [0.15, 0.2) is 46.0 Å². The van der Waals surface area contributed by atoms with E-state index in [1.54, 1.807) is 78.2 Å². The highest BCUT2D eigenvalue weighted by atomic mass is 35.5. The third kappa shape index (κ3) is 11.4. The molecule has 4 aromatic rings. The first-order chi connectivity index (χ1) is 34.6. The summed E-state index contributed by atoms with van der Waals surface area (Å²) < 4.78 is 75.7. The van der Waals surface area contributed by atoms with Gasteiger partial charge in [-0.1, -0.05) is 11.6 Å². The Labute approximate surface area is 428 Å². The number of carbonyl (C=O) groups is 2. The summed E-state index contributed by atoms with van der Waals surface area (Å²) in [5.41, 5.74) is 6.18. The Hall–Kier alpha value is -6.43. The highest BCUT2D eigenvalue weighted by Gasteiger charge is 2.44. The Balaban J connectivity index is 1.12. The lowest BCUT2D eigenvalue weighted by molar-refractivity contribution is -0.941. The third-order valence-corrected chi connectivity index (χ3v) is 14.4. The number of ether oxygens (including phenoxy) is 13. The molecule has 0 aromatic heterocycles. The molecule has 2 heterocycles. The lowest BCUT2D eigenvalue weighted by Crippen LogP contribution is -2.52. The zero-order chi connectivity index (χ0) is 52.3. The Bertz CT molecular complexity index is 2550. The maximum absolute atomic E-state index is 13.2. The van der Waals surface area contributed by atoms with Crippen molar-refractivity contribution in [2.45, 2.75) is 44.2 Å². The van der Waals surface area contributed by atoms with E-state index in [1.807, 2.05) is 42.5 Å². The van der Waals surface area contributed by atoms with Crippen molar-refractivity contribution in [2.75, 3.05) is 132 Å². The number of benzene rings is 4. The minimum Gasteiger partial charge on any atom is -0.493 e. The van der Waals surface area contributed by atoms with Crippen LogP contribution in [-0.4, -0.2) is 153 Å². The number of rotatable bonds is 24. The molecule has 0 radical (unpaired) electrons. The van der Waals surface area contributed by atoms with E-state index in [2.05, 4.69) is 14.1 Å². The van der Waals surface area contributed by atoms with E-state index in [1.165, 1.54) is 0 Å². The van der Waals surface area contributed by atoms with Crippen LogP contribution >= 0.6 is 11.6 Å². The number of halogens is 1. The molecular weight excluding hydrogens is 952 g/mol. The summed E-state index contributed by atoms with van der Waals surface area (Å²) >= 11 is 6.38. The van der Waals surface area contributed by atoms with Gasteiger partial charge >= 0.3 is 11.9 Å². The summed E-state index contributed by atoms with van der Waals surface area (Å²) in [4.78, 5) is 26.3. The van der Waals surface area contributed by atoms with Crippen LogP contribution in [0.25, 0.3) is 0 Å². The predicted octanol–water partition coefficient (Wildman–Crippen LogP) is 7.85. The third-order valence-electron chi connectivity index (χ3n) is 14.1. The number of hydrogen-bond acceptors (Lipinski definition) is 15. The molecule has 0 spiro atoms. The molecule has 72 heavy (non-hydrogen) atoms. The first-order valence-corrected chi connectivity index (χ1v) is 24.1. The van der Waals surface area contributed by atoms with Gasteiger partial charge in [-0.05, 0) is 59.2 Å². The molecule has 0 bridgehead atoms. The Morgan fingerprint density at radius 3 is 1.54 bits per heavy atom. The van der Waals surface area contributed by atoms with Crippen LogP contribution < -0.4 is 52.1 Å². The van der Waals surface area contributed by atoms with Crippen molar-refractivity contribution in [2.24, 2.45) is 0 Å². The van der Waals surface area contributed by atoms with E-state index >= 15 is 0 Å². The van der Waals surface area contributed by atoms with E-state index in [4.69, 9.17) is 73.2 Å². The van der Waals surface area contributed by atoms with E-state index in [9.17, 15) is 9.59 Å². The van der Waals surface area contributed by atoms with E-state index in [-0.39, 0.29) is 30.3 Å². The van der Waals surface area contributed by atoms with E-state index in [0.29, 0.717) is 105 Å². The molecule has 0 saturated carbocycles. The van der Waals surface area contributed by atoms with Gasteiger partial charge < -0.3 is 70.5 Å². The molecule has 0 amide bonds. The number of hydrogen-bond donors (Lipinski definition) is 0. The molecule has 4 aromatic carbocycles. The van der Waals surface area contributed by atoms with Gasteiger partial charge in [0.2, 0.25) is 17.2 Å². The number of carbonyl (C=O) groups excluding carboxylic acids is 2. The summed E-state index contributed by atoms with van der Waals surface area (Å²) in [5.74, 6) is 4.53. The second-order valence-corrected chi connectivity index (χ2v) is 18.5. The maximum atomic E-state index is 13.2. The number of quaternary nitrogens is 2. The lowest BCUT2D eigenvalue weighted by atomic mass is 9.85. The number of fused-ring (bicyclic) bond motifs is 2. The molecule has 17 nitrogen and oxygen atoms in total. The highest BCUT2D eigenvalue weighted by Crippen LogP contribution is 2.52. The molecule has 6 rings (SSSR count).